The van der Waals surface area contributed by atoms with Gasteiger partial charge in [-0.3, -0.25) is 19.1 Å². The first-order valence-corrected chi connectivity index (χ1v) is 21.3. The van der Waals surface area contributed by atoms with Gasteiger partial charge in [-0.2, -0.15) is 18.2 Å². The van der Waals surface area contributed by atoms with E-state index < -0.39 is 80.4 Å². The zero-order valence-electron chi connectivity index (χ0n) is 33.3. The number of nitrogens with zero attached hydrogens (tertiary/aromatic N) is 2. The number of benzene rings is 1. The minimum absolute atomic E-state index is 0.0553. The zero-order valence-corrected chi connectivity index (χ0v) is 34.1. The summed E-state index contributed by atoms with van der Waals surface area (Å²) in [5.74, 6) is -3.51. The van der Waals surface area contributed by atoms with E-state index in [2.05, 4.69) is 20.3 Å². The average Bonchev–Trinajstić information content (AvgIpc) is 4.08. The van der Waals surface area contributed by atoms with Gasteiger partial charge < -0.3 is 29.7 Å². The molecule has 2 saturated carbocycles. The highest BCUT2D eigenvalue weighted by Gasteiger charge is 2.62. The minimum Gasteiger partial charge on any atom is -0.481 e. The molecule has 0 radical (unpaired) electrons. The lowest BCUT2D eigenvalue weighted by molar-refractivity contribution is -0.243. The van der Waals surface area contributed by atoms with E-state index in [1.807, 2.05) is 38.1 Å². The molecule has 2 aromatic rings. The van der Waals surface area contributed by atoms with Crippen molar-refractivity contribution in [3.8, 4) is 11.8 Å². The lowest BCUT2D eigenvalue weighted by atomic mass is 9.80. The molecule has 7 atom stereocenters. The Hall–Kier alpha value is -4.61. The van der Waals surface area contributed by atoms with Crippen LogP contribution in [0, 0.1) is 23.7 Å². The highest BCUT2D eigenvalue weighted by atomic mass is 32.2. The molecule has 1 aromatic heterocycles. The number of fused-ring (bicyclic) bond motifs is 3. The summed E-state index contributed by atoms with van der Waals surface area (Å²) in [5.41, 5.74) is -4.40. The van der Waals surface area contributed by atoms with Gasteiger partial charge in [0.25, 0.3) is 5.91 Å². The van der Waals surface area contributed by atoms with Gasteiger partial charge in [0.05, 0.1) is 24.8 Å². The summed E-state index contributed by atoms with van der Waals surface area (Å²) in [6.45, 7) is 4.82. The zero-order chi connectivity index (χ0) is 42.2. The summed E-state index contributed by atoms with van der Waals surface area (Å²) >= 11 is 0. The average molecular weight is 836 g/mol. The Bertz CT molecular complexity index is 2040. The quantitative estimate of drug-likeness (QED) is 0.271. The molecular weight excluding hydrogens is 784 g/mol. The highest BCUT2D eigenvalue weighted by Crippen LogP contribution is 2.46. The molecule has 3 fully saturated rings. The first-order valence-electron chi connectivity index (χ1n) is 19.8. The molecule has 6 rings (SSSR count). The number of pyridine rings is 1. The summed E-state index contributed by atoms with van der Waals surface area (Å²) < 4.78 is 85.4. The Morgan fingerprint density at radius 2 is 1.83 bits per heavy atom. The first-order chi connectivity index (χ1) is 27.3. The number of hydrogen-bond acceptors (Lipinski definition) is 10. The van der Waals surface area contributed by atoms with Crippen LogP contribution in [0.25, 0.3) is 10.8 Å². The molecule has 2 aliphatic heterocycles. The van der Waals surface area contributed by atoms with E-state index in [0.29, 0.717) is 43.9 Å². The van der Waals surface area contributed by atoms with Crippen molar-refractivity contribution in [3.05, 3.63) is 42.5 Å². The van der Waals surface area contributed by atoms with Crippen LogP contribution in [-0.2, 0) is 29.1 Å². The molecule has 4 amide bonds. The predicted molar refractivity (Wildman–Crippen MR) is 206 cm³/mol. The van der Waals surface area contributed by atoms with E-state index in [-0.39, 0.29) is 49.5 Å². The van der Waals surface area contributed by atoms with Gasteiger partial charge in [0.2, 0.25) is 39.2 Å². The molecule has 1 saturated heterocycles. The van der Waals surface area contributed by atoms with Gasteiger partial charge >= 0.3 is 12.3 Å². The molecule has 318 valence electrons. The van der Waals surface area contributed by atoms with Crippen molar-refractivity contribution in [1.82, 2.24) is 25.2 Å². The van der Waals surface area contributed by atoms with E-state index in [9.17, 15) is 40.8 Å². The lowest BCUT2D eigenvalue weighted by Crippen LogP contribution is -2.57. The summed E-state index contributed by atoms with van der Waals surface area (Å²) in [6, 6.07) is 7.79. The Morgan fingerprint density at radius 1 is 1.10 bits per heavy atom. The molecule has 18 heteroatoms. The number of carbonyl (C=O) groups is 4. The first kappa shape index (κ1) is 43.0. The van der Waals surface area contributed by atoms with Crippen molar-refractivity contribution in [1.29, 1.82) is 0 Å². The Labute approximate surface area is 336 Å². The number of alkyl carbamates (subject to hydrolysis) is 1. The number of rotatable bonds is 10. The van der Waals surface area contributed by atoms with Crippen LogP contribution < -0.4 is 24.8 Å². The van der Waals surface area contributed by atoms with Gasteiger partial charge in [0, 0.05) is 30.3 Å². The number of allylic oxidation sites excluding steroid dienone is 1. The van der Waals surface area contributed by atoms with Gasteiger partial charge in [-0.25, -0.2) is 13.2 Å². The van der Waals surface area contributed by atoms with Crippen molar-refractivity contribution < 1.29 is 55.0 Å². The molecule has 58 heavy (non-hydrogen) atoms. The lowest BCUT2D eigenvalue weighted by Gasteiger charge is -2.34. The van der Waals surface area contributed by atoms with Gasteiger partial charge in [0.15, 0.2) is 0 Å². The number of ether oxygens (including phenoxy) is 3. The molecule has 3 heterocycles. The SMILES string of the molecule is CCC1CC(C)CCC=CC2CC2(C(=O)NS(=O)(=O)C2CC2)NC(=O)C2CC(Oc3nc(OC)cc4ccccc34)CN2C(=O)C1CNC(=O)OC(C)(C)C(F)(F)F. The smallest absolute Gasteiger partial charge is 0.427 e. The third-order valence-electron chi connectivity index (χ3n) is 11.8. The van der Waals surface area contributed by atoms with Crippen molar-refractivity contribution in [3.63, 3.8) is 0 Å². The third kappa shape index (κ3) is 9.31. The number of sulfonamides is 1. The topological polar surface area (TPSA) is 182 Å². The minimum atomic E-state index is -4.86. The Morgan fingerprint density at radius 3 is 2.50 bits per heavy atom. The van der Waals surface area contributed by atoms with Crippen molar-refractivity contribution in [2.24, 2.45) is 23.7 Å². The summed E-state index contributed by atoms with van der Waals surface area (Å²) in [7, 11) is -2.51. The van der Waals surface area contributed by atoms with Crippen molar-refractivity contribution in [2.75, 3.05) is 20.2 Å². The second-order valence-corrected chi connectivity index (χ2v) is 18.5. The number of amides is 4. The van der Waals surface area contributed by atoms with Gasteiger partial charge in [-0.15, -0.1) is 0 Å². The molecule has 14 nitrogen and oxygen atoms in total. The summed E-state index contributed by atoms with van der Waals surface area (Å²) in [5, 5.41) is 5.95. The van der Waals surface area contributed by atoms with E-state index in [1.165, 1.54) is 12.0 Å². The van der Waals surface area contributed by atoms with Crippen molar-refractivity contribution in [2.45, 2.75) is 114 Å². The molecule has 7 unspecified atom stereocenters. The molecule has 4 aliphatic rings. The van der Waals surface area contributed by atoms with Gasteiger partial charge in [0.1, 0.15) is 17.7 Å². The fourth-order valence-electron chi connectivity index (χ4n) is 7.92. The predicted octanol–water partition coefficient (Wildman–Crippen LogP) is 5.16. The maximum Gasteiger partial charge on any atom is 0.427 e. The number of nitrogens with one attached hydrogen (secondary N) is 3. The van der Waals surface area contributed by atoms with Crippen molar-refractivity contribution >= 4 is 44.6 Å². The monoisotopic (exact) mass is 835 g/mol. The highest BCUT2D eigenvalue weighted by molar-refractivity contribution is 7.91. The molecule has 2 aliphatic carbocycles. The standard InChI is InChI=1S/C40H52F3N5O9S/c1-6-24-17-23(2)11-7-9-13-26-20-39(26,36(51)47-58(53,54)28-15-16-28)46-33(49)31-19-27(56-34-29-14-10-8-12-25(29)18-32(45-34)55-5)22-48(31)35(50)30(24)21-44-37(52)57-38(3,4)40(41,42)43/h8-10,12-14,18,23-24,26-28,30-31H,6-7,11,15-17,19-22H2,1-5H3,(H,44,52)(H,46,49)(H,47,51). The van der Waals surface area contributed by atoms with Crippen LogP contribution in [0.2, 0.25) is 0 Å². The number of aromatic nitrogens is 1. The number of carbonyl (C=O) groups excluding carboxylic acids is 4. The molecular formula is C40H52F3N5O9S. The van der Waals surface area contributed by atoms with Crippen LogP contribution in [0.1, 0.15) is 79.1 Å². The van der Waals surface area contributed by atoms with Crippen LogP contribution >= 0.6 is 0 Å². The molecule has 0 spiro atoms. The molecule has 3 N–H and O–H groups in total. The van der Waals surface area contributed by atoms with Crippen LogP contribution in [0.4, 0.5) is 18.0 Å². The number of alkyl halides is 3. The number of hydrogen-bond donors (Lipinski definition) is 3. The fourth-order valence-corrected chi connectivity index (χ4v) is 9.28. The Kier molecular flexibility index (Phi) is 12.3. The second-order valence-electron chi connectivity index (χ2n) is 16.5. The molecule has 0 bridgehead atoms. The van der Waals surface area contributed by atoms with E-state index in [0.717, 1.165) is 19.2 Å². The van der Waals surface area contributed by atoms with E-state index in [4.69, 9.17) is 14.2 Å². The Balaban J connectivity index is 1.35. The second kappa shape index (κ2) is 16.6. The van der Waals surface area contributed by atoms with Crippen LogP contribution in [0.3, 0.4) is 0 Å². The summed E-state index contributed by atoms with van der Waals surface area (Å²) in [4.78, 5) is 61.9. The summed E-state index contributed by atoms with van der Waals surface area (Å²) in [6.07, 6.45) is -0.130. The maximum atomic E-state index is 14.9. The third-order valence-corrected chi connectivity index (χ3v) is 13.6. The molecule has 1 aromatic carbocycles. The number of halogens is 3. The van der Waals surface area contributed by atoms with Crippen LogP contribution in [0.15, 0.2) is 42.5 Å². The van der Waals surface area contributed by atoms with Gasteiger partial charge in [-0.05, 0) is 75.7 Å². The maximum absolute atomic E-state index is 14.9. The van der Waals surface area contributed by atoms with Crippen LogP contribution in [0.5, 0.6) is 11.8 Å². The number of methoxy groups -OCH3 is 1. The van der Waals surface area contributed by atoms with E-state index in [1.54, 1.807) is 18.2 Å². The largest absolute Gasteiger partial charge is 0.481 e. The fraction of sp³-hybridized carbons (Fsp3) is 0.625. The van der Waals surface area contributed by atoms with Gasteiger partial charge in [-0.1, -0.05) is 50.6 Å². The van der Waals surface area contributed by atoms with Crippen LogP contribution in [-0.4, -0.2) is 97.0 Å². The normalized spacial score (nSPS) is 28.3. The van der Waals surface area contributed by atoms with E-state index >= 15 is 0 Å².